The zero-order chi connectivity index (χ0) is 20.5. The molecule has 0 amide bonds. The summed E-state index contributed by atoms with van der Waals surface area (Å²) in [6.07, 6.45) is -6.78. The summed E-state index contributed by atoms with van der Waals surface area (Å²) < 4.78 is 10.3. The van der Waals surface area contributed by atoms with Gasteiger partial charge in [-0.1, -0.05) is 36.4 Å². The molecule has 0 aliphatic heterocycles. The van der Waals surface area contributed by atoms with Gasteiger partial charge in [-0.3, -0.25) is 0 Å². The van der Waals surface area contributed by atoms with E-state index in [1.54, 1.807) is 36.4 Å². The Hall–Kier alpha value is -2.78. The fourth-order valence-electron chi connectivity index (χ4n) is 2.35. The van der Waals surface area contributed by atoms with Gasteiger partial charge in [0.25, 0.3) is 0 Å². The van der Waals surface area contributed by atoms with Crippen molar-refractivity contribution in [1.29, 1.82) is 0 Å². The van der Waals surface area contributed by atoms with Gasteiger partial charge in [0.2, 0.25) is 0 Å². The summed E-state index contributed by atoms with van der Waals surface area (Å²) in [5.74, 6) is -1.53. The Morgan fingerprint density at radius 1 is 0.786 bits per heavy atom. The topological polar surface area (TPSA) is 134 Å². The molecule has 0 saturated heterocycles. The van der Waals surface area contributed by atoms with Crippen LogP contribution in [-0.2, 0) is 9.47 Å². The Balaban J connectivity index is 2.11. The fraction of sp³-hybridized carbons (Fsp3) is 0.300. The maximum atomic E-state index is 12.3. The van der Waals surface area contributed by atoms with Gasteiger partial charge in [-0.2, -0.15) is 0 Å². The molecule has 150 valence electrons. The number of hydrogen-bond donors (Lipinski definition) is 4. The molecule has 0 bridgehead atoms. The van der Waals surface area contributed by atoms with E-state index >= 15 is 0 Å². The van der Waals surface area contributed by atoms with Gasteiger partial charge in [-0.25, -0.2) is 9.59 Å². The highest BCUT2D eigenvalue weighted by atomic mass is 16.6. The molecule has 8 heteroatoms. The van der Waals surface area contributed by atoms with Gasteiger partial charge in [0.1, 0.15) is 24.9 Å². The molecule has 0 aliphatic rings. The van der Waals surface area contributed by atoms with Crippen LogP contribution in [0.5, 0.6) is 0 Å². The van der Waals surface area contributed by atoms with Crippen LogP contribution in [0.15, 0.2) is 60.7 Å². The Morgan fingerprint density at radius 3 is 1.79 bits per heavy atom. The lowest BCUT2D eigenvalue weighted by molar-refractivity contribution is -0.127. The number of aliphatic hydroxyl groups excluding tert-OH is 4. The monoisotopic (exact) mass is 390 g/mol. The summed E-state index contributed by atoms with van der Waals surface area (Å²) in [4.78, 5) is 24.4. The normalized spacial score (nSPS) is 15.1. The molecule has 0 spiro atoms. The van der Waals surface area contributed by atoms with Gasteiger partial charge in [-0.15, -0.1) is 0 Å². The first-order valence-corrected chi connectivity index (χ1v) is 8.57. The van der Waals surface area contributed by atoms with E-state index in [0.29, 0.717) is 0 Å². The van der Waals surface area contributed by atoms with E-state index in [4.69, 9.17) is 14.6 Å². The van der Waals surface area contributed by atoms with E-state index in [0.717, 1.165) is 0 Å². The quantitative estimate of drug-likeness (QED) is 0.445. The van der Waals surface area contributed by atoms with Gasteiger partial charge in [0, 0.05) is 0 Å². The molecule has 28 heavy (non-hydrogen) atoms. The number of hydrogen-bond acceptors (Lipinski definition) is 8. The van der Waals surface area contributed by atoms with Crippen molar-refractivity contribution in [2.75, 3.05) is 13.2 Å². The van der Waals surface area contributed by atoms with Crippen LogP contribution in [0.25, 0.3) is 0 Å². The molecule has 0 aliphatic carbocycles. The van der Waals surface area contributed by atoms with Crippen LogP contribution in [0.3, 0.4) is 0 Å². The first-order chi connectivity index (χ1) is 13.4. The van der Waals surface area contributed by atoms with Crippen LogP contribution in [0.2, 0.25) is 0 Å². The summed E-state index contributed by atoms with van der Waals surface area (Å²) in [5, 5.41) is 38.7. The first kappa shape index (κ1) is 21.5. The molecule has 0 unspecified atom stereocenters. The average molecular weight is 390 g/mol. The number of rotatable bonds is 9. The lowest BCUT2D eigenvalue weighted by atomic mass is 10.0. The minimum absolute atomic E-state index is 0.186. The Morgan fingerprint density at radius 2 is 1.29 bits per heavy atom. The van der Waals surface area contributed by atoms with Crippen LogP contribution in [0, 0.1) is 0 Å². The molecule has 4 atom stereocenters. The molecule has 0 heterocycles. The standard InChI is InChI=1S/C20H22O8/c21-11-15(22)17(23)18(24)16(28-20(26)14-9-5-2-6-10-14)12-27-19(25)13-7-3-1-4-8-13/h1-10,15-18,21-24H,11-12H2/t15-,16-,17-,18-/m1/s1. The summed E-state index contributed by atoms with van der Waals surface area (Å²) in [5.41, 5.74) is 0.437. The van der Waals surface area contributed by atoms with E-state index in [1.165, 1.54) is 24.3 Å². The molecule has 0 radical (unpaired) electrons. The summed E-state index contributed by atoms with van der Waals surface area (Å²) in [7, 11) is 0. The number of esters is 2. The van der Waals surface area contributed by atoms with Crippen molar-refractivity contribution in [3.8, 4) is 0 Å². The Kier molecular flexibility index (Phi) is 8.09. The van der Waals surface area contributed by atoms with Crippen molar-refractivity contribution in [3.63, 3.8) is 0 Å². The first-order valence-electron chi connectivity index (χ1n) is 8.57. The predicted octanol–water partition coefficient (Wildman–Crippen LogP) is 0.144. The molecular weight excluding hydrogens is 368 g/mol. The lowest BCUT2D eigenvalue weighted by Gasteiger charge is -2.28. The zero-order valence-corrected chi connectivity index (χ0v) is 14.9. The molecule has 0 saturated carbocycles. The molecule has 2 aromatic carbocycles. The van der Waals surface area contributed by atoms with E-state index in [1.807, 2.05) is 0 Å². The summed E-state index contributed by atoms with van der Waals surface area (Å²) >= 11 is 0. The molecule has 0 aromatic heterocycles. The zero-order valence-electron chi connectivity index (χ0n) is 14.9. The van der Waals surface area contributed by atoms with Gasteiger partial charge in [-0.05, 0) is 24.3 Å². The number of carbonyl (C=O) groups excluding carboxylic acids is 2. The van der Waals surface area contributed by atoms with Crippen molar-refractivity contribution in [3.05, 3.63) is 71.8 Å². The maximum absolute atomic E-state index is 12.3. The number of ether oxygens (including phenoxy) is 2. The van der Waals surface area contributed by atoms with Gasteiger partial charge in [0.15, 0.2) is 6.10 Å². The summed E-state index contributed by atoms with van der Waals surface area (Å²) in [6.45, 7) is -1.38. The highest BCUT2D eigenvalue weighted by molar-refractivity contribution is 5.90. The van der Waals surface area contributed by atoms with Crippen LogP contribution in [-0.4, -0.2) is 70.0 Å². The molecule has 8 nitrogen and oxygen atoms in total. The lowest BCUT2D eigenvalue weighted by Crippen LogP contribution is -2.49. The number of benzene rings is 2. The third-order valence-electron chi connectivity index (χ3n) is 3.97. The predicted molar refractivity (Wildman–Crippen MR) is 97.5 cm³/mol. The molecule has 4 N–H and O–H groups in total. The van der Waals surface area contributed by atoms with Crippen molar-refractivity contribution in [1.82, 2.24) is 0 Å². The third-order valence-corrected chi connectivity index (χ3v) is 3.97. The van der Waals surface area contributed by atoms with Crippen LogP contribution in [0.1, 0.15) is 20.7 Å². The highest BCUT2D eigenvalue weighted by Gasteiger charge is 2.35. The second kappa shape index (κ2) is 10.5. The second-order valence-corrected chi connectivity index (χ2v) is 6.01. The SMILES string of the molecule is O=C(OC[C@@H](OC(=O)c1ccccc1)[C@@H](O)[C@H](O)[C@H](O)CO)c1ccccc1. The number of carbonyl (C=O) groups is 2. The van der Waals surface area contributed by atoms with Crippen LogP contribution < -0.4 is 0 Å². The van der Waals surface area contributed by atoms with Crippen molar-refractivity contribution in [2.24, 2.45) is 0 Å². The minimum Gasteiger partial charge on any atom is -0.458 e. The molecular formula is C20H22O8. The van der Waals surface area contributed by atoms with E-state index < -0.39 is 49.6 Å². The van der Waals surface area contributed by atoms with Gasteiger partial charge >= 0.3 is 11.9 Å². The van der Waals surface area contributed by atoms with Crippen molar-refractivity contribution < 1.29 is 39.5 Å². The van der Waals surface area contributed by atoms with Crippen molar-refractivity contribution >= 4 is 11.9 Å². The highest BCUT2D eigenvalue weighted by Crippen LogP contribution is 2.13. The van der Waals surface area contributed by atoms with Gasteiger partial charge < -0.3 is 29.9 Å². The Labute approximate surface area is 161 Å². The van der Waals surface area contributed by atoms with Crippen molar-refractivity contribution in [2.45, 2.75) is 24.4 Å². The molecule has 0 fully saturated rings. The average Bonchev–Trinajstić information content (AvgIpc) is 2.75. The minimum atomic E-state index is -1.82. The Bertz CT molecular complexity index is 749. The summed E-state index contributed by atoms with van der Waals surface area (Å²) in [6, 6.07) is 15.9. The maximum Gasteiger partial charge on any atom is 0.338 e. The number of aliphatic hydroxyl groups is 4. The van der Waals surface area contributed by atoms with E-state index in [2.05, 4.69) is 0 Å². The van der Waals surface area contributed by atoms with Gasteiger partial charge in [0.05, 0.1) is 17.7 Å². The largest absolute Gasteiger partial charge is 0.458 e. The second-order valence-electron chi connectivity index (χ2n) is 6.01. The van der Waals surface area contributed by atoms with E-state index in [9.17, 15) is 24.9 Å². The van der Waals surface area contributed by atoms with Crippen LogP contribution >= 0.6 is 0 Å². The van der Waals surface area contributed by atoms with E-state index in [-0.39, 0.29) is 11.1 Å². The fourth-order valence-corrected chi connectivity index (χ4v) is 2.35. The van der Waals surface area contributed by atoms with Crippen LogP contribution in [0.4, 0.5) is 0 Å². The molecule has 2 rings (SSSR count). The molecule has 2 aromatic rings. The third kappa shape index (κ3) is 5.86. The smallest absolute Gasteiger partial charge is 0.338 e.